The van der Waals surface area contributed by atoms with Gasteiger partial charge in [-0.25, -0.2) is 4.98 Å². The van der Waals surface area contributed by atoms with Crippen molar-refractivity contribution < 1.29 is 4.11 Å². The molecule has 6 aromatic rings. The molecule has 3 nitrogen and oxygen atoms in total. The van der Waals surface area contributed by atoms with Gasteiger partial charge in [0.05, 0.1) is 5.69 Å². The molecule has 2 aliphatic rings. The molecule has 0 bridgehead atoms. The molecule has 2 aliphatic heterocycles. The minimum Gasteiger partial charge on any atom is -0.311 e. The smallest absolute Gasteiger partial charge is 0.264 e. The number of hydrogen-bond donors (Lipinski definition) is 0. The highest BCUT2D eigenvalue weighted by Crippen LogP contribution is 2.47. The summed E-state index contributed by atoms with van der Waals surface area (Å²) >= 11 is 1.66. The predicted molar refractivity (Wildman–Crippen MR) is 158 cm³/mol. The Morgan fingerprint density at radius 3 is 2.14 bits per heavy atom. The molecule has 0 amide bonds. The van der Waals surface area contributed by atoms with Crippen molar-refractivity contribution in [3.8, 4) is 0 Å². The summed E-state index contributed by atoms with van der Waals surface area (Å²) in [7, 11) is 0. The molecule has 4 aromatic carbocycles. The van der Waals surface area contributed by atoms with Crippen LogP contribution in [0.4, 0.5) is 34.1 Å². The SMILES string of the molecule is [2H]C([2H])([2H])c1cnc2sc3c(c2c1)N(c1ccccc1)c1cccc2c1B3c1ccccc1N2c1ccccc1. The van der Waals surface area contributed by atoms with Gasteiger partial charge in [0, 0.05) is 48.9 Å². The zero-order valence-corrected chi connectivity index (χ0v) is 20.6. The van der Waals surface area contributed by atoms with Gasteiger partial charge in [-0.3, -0.25) is 0 Å². The van der Waals surface area contributed by atoms with E-state index in [1.54, 1.807) is 11.3 Å². The normalized spacial score (nSPS) is 14.9. The molecule has 5 heteroatoms. The van der Waals surface area contributed by atoms with E-state index in [1.807, 2.05) is 30.3 Å². The van der Waals surface area contributed by atoms with Crippen LogP contribution >= 0.6 is 11.3 Å². The molecule has 0 N–H and O–H groups in total. The maximum atomic E-state index is 8.06. The molecule has 37 heavy (non-hydrogen) atoms. The lowest BCUT2D eigenvalue weighted by Gasteiger charge is -2.43. The van der Waals surface area contributed by atoms with E-state index >= 15 is 0 Å². The average Bonchev–Trinajstić information content (AvgIpc) is 3.36. The number of aryl methyl sites for hydroxylation is 1. The molecule has 0 unspecified atom stereocenters. The molecule has 0 atom stereocenters. The molecule has 0 spiro atoms. The van der Waals surface area contributed by atoms with Crippen molar-refractivity contribution in [1.29, 1.82) is 0 Å². The van der Waals surface area contributed by atoms with E-state index in [0.717, 1.165) is 44.3 Å². The third-order valence-electron chi connectivity index (χ3n) is 7.38. The summed E-state index contributed by atoms with van der Waals surface area (Å²) in [5.74, 6) is 0. The van der Waals surface area contributed by atoms with Gasteiger partial charge < -0.3 is 9.80 Å². The van der Waals surface area contributed by atoms with Crippen molar-refractivity contribution in [2.24, 2.45) is 0 Å². The zero-order valence-electron chi connectivity index (χ0n) is 22.8. The average molecular weight is 494 g/mol. The zero-order chi connectivity index (χ0) is 27.0. The van der Waals surface area contributed by atoms with Gasteiger partial charge in [-0.2, -0.15) is 0 Å². The van der Waals surface area contributed by atoms with Crippen LogP contribution in [0.3, 0.4) is 0 Å². The Kier molecular flexibility index (Phi) is 3.80. The van der Waals surface area contributed by atoms with Crippen LogP contribution in [0.2, 0.25) is 0 Å². The number of fused-ring (bicyclic) bond motifs is 6. The second kappa shape index (κ2) is 7.83. The molecule has 8 rings (SSSR count). The van der Waals surface area contributed by atoms with E-state index in [0.29, 0.717) is 0 Å². The first-order chi connectivity index (χ1) is 19.5. The van der Waals surface area contributed by atoms with Gasteiger partial charge in [-0.05, 0) is 71.9 Å². The summed E-state index contributed by atoms with van der Waals surface area (Å²) in [4.78, 5) is 10.2. The summed E-state index contributed by atoms with van der Waals surface area (Å²) in [6.07, 6.45) is 1.51. The van der Waals surface area contributed by atoms with Crippen molar-refractivity contribution in [3.05, 3.63) is 121 Å². The third kappa shape index (κ3) is 2.92. The van der Waals surface area contributed by atoms with Crippen LogP contribution in [0.5, 0.6) is 0 Å². The van der Waals surface area contributed by atoms with E-state index in [4.69, 9.17) is 9.10 Å². The minimum atomic E-state index is -2.24. The summed E-state index contributed by atoms with van der Waals surface area (Å²) in [6.45, 7) is -2.24. The number of anilines is 6. The minimum absolute atomic E-state index is 0.00673. The van der Waals surface area contributed by atoms with Gasteiger partial charge in [-0.15, -0.1) is 11.3 Å². The summed E-state index contributed by atoms with van der Waals surface area (Å²) in [5.41, 5.74) is 9.26. The van der Waals surface area contributed by atoms with Gasteiger partial charge in [0.2, 0.25) is 0 Å². The lowest BCUT2D eigenvalue weighted by molar-refractivity contribution is 1.26. The number of rotatable bonds is 2. The summed E-state index contributed by atoms with van der Waals surface area (Å²) in [5, 5.41) is 0.872. The molecular formula is C32H22BN3S. The second-order valence-electron chi connectivity index (χ2n) is 9.44. The van der Waals surface area contributed by atoms with Crippen LogP contribution in [-0.4, -0.2) is 11.7 Å². The molecule has 0 saturated carbocycles. The van der Waals surface area contributed by atoms with Crippen LogP contribution in [0.25, 0.3) is 10.2 Å². The fourth-order valence-corrected chi connectivity index (χ4v) is 7.20. The van der Waals surface area contributed by atoms with Crippen LogP contribution in [-0.2, 0) is 0 Å². The number of benzene rings is 4. The van der Waals surface area contributed by atoms with Gasteiger partial charge in [0.15, 0.2) is 0 Å². The Hall–Kier alpha value is -4.35. The Bertz CT molecular complexity index is 1920. The topological polar surface area (TPSA) is 19.4 Å². The molecule has 174 valence electrons. The van der Waals surface area contributed by atoms with E-state index < -0.39 is 6.85 Å². The number of pyridine rings is 1. The van der Waals surface area contributed by atoms with E-state index in [9.17, 15) is 0 Å². The first-order valence-electron chi connectivity index (χ1n) is 13.9. The van der Waals surface area contributed by atoms with Crippen molar-refractivity contribution in [2.75, 3.05) is 9.80 Å². The first kappa shape index (κ1) is 18.0. The molecule has 2 aromatic heterocycles. The Balaban J connectivity index is 1.49. The standard InChI is InChI=1S/C32H22BN3S/c1-21-19-24-30-31(37-32(24)34-20-21)33-25-15-8-9-16-26(25)35(22-11-4-2-5-12-22)27-17-10-18-28(29(27)33)36(30)23-13-6-3-7-14-23/h2-20H,1H3/i1D3. The molecule has 0 aliphatic carbocycles. The quantitative estimate of drug-likeness (QED) is 0.250. The first-order valence-corrected chi connectivity index (χ1v) is 13.2. The molecular weight excluding hydrogens is 469 g/mol. The molecule has 0 radical (unpaired) electrons. The van der Waals surface area contributed by atoms with Crippen molar-refractivity contribution >= 4 is 78.1 Å². The maximum Gasteiger partial charge on any atom is 0.264 e. The Morgan fingerprint density at radius 1 is 0.730 bits per heavy atom. The van der Waals surface area contributed by atoms with Crippen molar-refractivity contribution in [1.82, 2.24) is 4.98 Å². The molecule has 4 heterocycles. The highest BCUT2D eigenvalue weighted by Gasteiger charge is 2.44. The fraction of sp³-hybridized carbons (Fsp3) is 0.0312. The monoisotopic (exact) mass is 494 g/mol. The number of hydrogen-bond acceptors (Lipinski definition) is 4. The molecule has 0 saturated heterocycles. The number of thiophene rings is 1. The highest BCUT2D eigenvalue weighted by molar-refractivity contribution is 7.33. The molecule has 0 fully saturated rings. The van der Waals surface area contributed by atoms with Crippen LogP contribution in [0, 0.1) is 6.85 Å². The maximum absolute atomic E-state index is 8.06. The van der Waals surface area contributed by atoms with Gasteiger partial charge in [0.1, 0.15) is 4.83 Å². The second-order valence-corrected chi connectivity index (χ2v) is 10.5. The number of para-hydroxylation sites is 3. The van der Waals surface area contributed by atoms with Crippen LogP contribution < -0.4 is 25.5 Å². The van der Waals surface area contributed by atoms with Gasteiger partial charge >= 0.3 is 0 Å². The van der Waals surface area contributed by atoms with Crippen LogP contribution in [0.15, 0.2) is 115 Å². The summed E-state index contributed by atoms with van der Waals surface area (Å²) < 4.78 is 25.4. The Labute approximate surface area is 224 Å². The number of nitrogens with zero attached hydrogens (tertiary/aromatic N) is 3. The lowest BCUT2D eigenvalue weighted by atomic mass is 9.36. The van der Waals surface area contributed by atoms with Gasteiger partial charge in [0.25, 0.3) is 6.71 Å². The van der Waals surface area contributed by atoms with Crippen LogP contribution in [0.1, 0.15) is 9.68 Å². The largest absolute Gasteiger partial charge is 0.311 e. The summed E-state index contributed by atoms with van der Waals surface area (Å²) in [6, 6.07) is 37.8. The van der Waals surface area contributed by atoms with Crippen molar-refractivity contribution in [2.45, 2.75) is 6.85 Å². The van der Waals surface area contributed by atoms with E-state index in [-0.39, 0.29) is 12.3 Å². The van der Waals surface area contributed by atoms with Crippen molar-refractivity contribution in [3.63, 3.8) is 0 Å². The predicted octanol–water partition coefficient (Wildman–Crippen LogP) is 6.69. The number of aromatic nitrogens is 1. The van der Waals surface area contributed by atoms with E-state index in [2.05, 4.69) is 88.7 Å². The Morgan fingerprint density at radius 2 is 1.38 bits per heavy atom. The third-order valence-corrected chi connectivity index (χ3v) is 8.55. The van der Waals surface area contributed by atoms with E-state index in [1.165, 1.54) is 21.9 Å². The van der Waals surface area contributed by atoms with Gasteiger partial charge in [-0.1, -0.05) is 60.7 Å². The fourth-order valence-electron chi connectivity index (χ4n) is 5.96. The lowest BCUT2D eigenvalue weighted by Crippen LogP contribution is -2.60. The highest BCUT2D eigenvalue weighted by atomic mass is 32.1.